The second-order valence-corrected chi connectivity index (χ2v) is 5.86. The molecule has 0 aromatic rings. The predicted octanol–water partition coefficient (Wildman–Crippen LogP) is 3.50. The topological polar surface area (TPSA) is 40.5 Å². The molecule has 1 amide bonds. The Hall–Kier alpha value is -0.570. The minimum Gasteiger partial charge on any atom is -0.393 e. The molecule has 0 aliphatic carbocycles. The van der Waals surface area contributed by atoms with Gasteiger partial charge in [-0.2, -0.15) is 0 Å². The van der Waals surface area contributed by atoms with Crippen LogP contribution < -0.4 is 0 Å². The van der Waals surface area contributed by atoms with Gasteiger partial charge in [-0.15, -0.1) is 0 Å². The van der Waals surface area contributed by atoms with Crippen molar-refractivity contribution in [1.29, 1.82) is 0 Å². The minimum absolute atomic E-state index is 0.146. The maximum atomic E-state index is 11.8. The highest BCUT2D eigenvalue weighted by Gasteiger charge is 2.20. The molecule has 1 unspecified atom stereocenters. The Labute approximate surface area is 118 Å². The van der Waals surface area contributed by atoms with E-state index >= 15 is 0 Å². The number of carbonyl (C=O) groups is 1. The average molecular weight is 269 g/mol. The van der Waals surface area contributed by atoms with Gasteiger partial charge < -0.3 is 10.0 Å². The molecule has 1 aliphatic heterocycles. The standard InChI is InChI=1S/C16H31NO2/c1-2-3-4-5-6-7-8-11-15(18)14-16(19)17-12-9-10-13-17/h15,18H,2-14H2,1H3. The van der Waals surface area contributed by atoms with Crippen LogP contribution in [-0.2, 0) is 4.79 Å². The maximum absolute atomic E-state index is 11.8. The normalized spacial score (nSPS) is 16.8. The smallest absolute Gasteiger partial charge is 0.225 e. The molecule has 3 nitrogen and oxygen atoms in total. The third kappa shape index (κ3) is 7.56. The van der Waals surface area contributed by atoms with E-state index in [1.54, 1.807) is 0 Å². The zero-order chi connectivity index (χ0) is 13.9. The lowest BCUT2D eigenvalue weighted by molar-refractivity contribution is -0.132. The molecular weight excluding hydrogens is 238 g/mol. The second kappa shape index (κ2) is 10.2. The lowest BCUT2D eigenvalue weighted by Gasteiger charge is -2.17. The molecule has 1 aliphatic rings. The summed E-state index contributed by atoms with van der Waals surface area (Å²) in [4.78, 5) is 13.7. The van der Waals surface area contributed by atoms with Gasteiger partial charge in [0.05, 0.1) is 12.5 Å². The molecule has 0 saturated carbocycles. The van der Waals surface area contributed by atoms with Crippen LogP contribution in [-0.4, -0.2) is 35.1 Å². The third-order valence-corrected chi connectivity index (χ3v) is 4.01. The van der Waals surface area contributed by atoms with Crippen molar-refractivity contribution in [3.63, 3.8) is 0 Å². The summed E-state index contributed by atoms with van der Waals surface area (Å²) in [6.07, 6.45) is 11.7. The molecule has 1 atom stereocenters. The van der Waals surface area contributed by atoms with Crippen LogP contribution in [0.4, 0.5) is 0 Å². The van der Waals surface area contributed by atoms with E-state index in [2.05, 4.69) is 6.92 Å². The van der Waals surface area contributed by atoms with Gasteiger partial charge in [0.15, 0.2) is 0 Å². The van der Waals surface area contributed by atoms with Crippen molar-refractivity contribution in [2.75, 3.05) is 13.1 Å². The molecule has 0 bridgehead atoms. The van der Waals surface area contributed by atoms with Gasteiger partial charge in [0.2, 0.25) is 5.91 Å². The number of unbranched alkanes of at least 4 members (excludes halogenated alkanes) is 6. The first kappa shape index (κ1) is 16.5. The summed E-state index contributed by atoms with van der Waals surface area (Å²) >= 11 is 0. The fraction of sp³-hybridized carbons (Fsp3) is 0.938. The molecular formula is C16H31NO2. The molecule has 0 radical (unpaired) electrons. The second-order valence-electron chi connectivity index (χ2n) is 5.86. The van der Waals surface area contributed by atoms with Crippen molar-refractivity contribution in [3.8, 4) is 0 Å². The molecule has 1 fully saturated rings. The molecule has 1 saturated heterocycles. The van der Waals surface area contributed by atoms with Crippen LogP contribution in [0.5, 0.6) is 0 Å². The van der Waals surface area contributed by atoms with Gasteiger partial charge >= 0.3 is 0 Å². The van der Waals surface area contributed by atoms with E-state index in [9.17, 15) is 9.90 Å². The number of amides is 1. The Bertz CT molecular complexity index is 237. The summed E-state index contributed by atoms with van der Waals surface area (Å²) in [6, 6.07) is 0. The van der Waals surface area contributed by atoms with Crippen molar-refractivity contribution < 1.29 is 9.90 Å². The summed E-state index contributed by atoms with van der Waals surface area (Å²) < 4.78 is 0. The van der Waals surface area contributed by atoms with E-state index < -0.39 is 6.10 Å². The summed E-state index contributed by atoms with van der Waals surface area (Å²) in [7, 11) is 0. The number of likely N-dealkylation sites (tertiary alicyclic amines) is 1. The van der Waals surface area contributed by atoms with E-state index in [-0.39, 0.29) is 5.91 Å². The van der Waals surface area contributed by atoms with Crippen LogP contribution in [0.2, 0.25) is 0 Å². The first-order valence-corrected chi connectivity index (χ1v) is 8.20. The van der Waals surface area contributed by atoms with Crippen molar-refractivity contribution >= 4 is 5.91 Å². The van der Waals surface area contributed by atoms with Crippen LogP contribution in [0.3, 0.4) is 0 Å². The van der Waals surface area contributed by atoms with Gasteiger partial charge in [-0.3, -0.25) is 4.79 Å². The number of hydrogen-bond acceptors (Lipinski definition) is 2. The van der Waals surface area contributed by atoms with Gasteiger partial charge in [-0.25, -0.2) is 0 Å². The molecule has 112 valence electrons. The molecule has 19 heavy (non-hydrogen) atoms. The highest BCUT2D eigenvalue weighted by atomic mass is 16.3. The fourth-order valence-electron chi connectivity index (χ4n) is 2.74. The van der Waals surface area contributed by atoms with Gasteiger partial charge in [0.1, 0.15) is 0 Å². The van der Waals surface area contributed by atoms with Crippen LogP contribution >= 0.6 is 0 Å². The van der Waals surface area contributed by atoms with Gasteiger partial charge in [-0.05, 0) is 19.3 Å². The molecule has 1 heterocycles. The lowest BCUT2D eigenvalue weighted by Crippen LogP contribution is -2.30. The molecule has 1 rings (SSSR count). The van der Waals surface area contributed by atoms with Gasteiger partial charge in [-0.1, -0.05) is 51.9 Å². The van der Waals surface area contributed by atoms with E-state index in [1.165, 1.54) is 38.5 Å². The zero-order valence-corrected chi connectivity index (χ0v) is 12.6. The Morgan fingerprint density at radius 2 is 1.63 bits per heavy atom. The number of nitrogens with zero attached hydrogens (tertiary/aromatic N) is 1. The quantitative estimate of drug-likeness (QED) is 0.617. The molecule has 3 heteroatoms. The molecule has 1 N–H and O–H groups in total. The fourth-order valence-corrected chi connectivity index (χ4v) is 2.74. The highest BCUT2D eigenvalue weighted by molar-refractivity contribution is 5.76. The summed E-state index contributed by atoms with van der Waals surface area (Å²) in [6.45, 7) is 4.01. The third-order valence-electron chi connectivity index (χ3n) is 4.01. The number of aliphatic hydroxyl groups is 1. The SMILES string of the molecule is CCCCCCCCCC(O)CC(=O)N1CCCC1. The van der Waals surface area contributed by atoms with Gasteiger partial charge in [0.25, 0.3) is 0 Å². The van der Waals surface area contributed by atoms with E-state index in [1.807, 2.05) is 4.90 Å². The Balaban J connectivity index is 1.95. The van der Waals surface area contributed by atoms with Crippen molar-refractivity contribution in [2.24, 2.45) is 0 Å². The van der Waals surface area contributed by atoms with E-state index in [0.29, 0.717) is 6.42 Å². The number of aliphatic hydroxyl groups excluding tert-OH is 1. The Morgan fingerprint density at radius 3 is 2.26 bits per heavy atom. The molecule has 0 aromatic carbocycles. The van der Waals surface area contributed by atoms with E-state index in [4.69, 9.17) is 0 Å². The van der Waals surface area contributed by atoms with Crippen molar-refractivity contribution in [1.82, 2.24) is 4.90 Å². The first-order chi connectivity index (χ1) is 9.24. The summed E-state index contributed by atoms with van der Waals surface area (Å²) in [5.41, 5.74) is 0. The van der Waals surface area contributed by atoms with Crippen LogP contribution in [0.25, 0.3) is 0 Å². The van der Waals surface area contributed by atoms with Crippen LogP contribution in [0, 0.1) is 0 Å². The summed E-state index contributed by atoms with van der Waals surface area (Å²) in [5.74, 6) is 0.146. The zero-order valence-electron chi connectivity index (χ0n) is 12.6. The lowest BCUT2D eigenvalue weighted by atomic mass is 10.0. The summed E-state index contributed by atoms with van der Waals surface area (Å²) in [5, 5.41) is 9.87. The van der Waals surface area contributed by atoms with Gasteiger partial charge in [0, 0.05) is 13.1 Å². The molecule has 0 aromatic heterocycles. The monoisotopic (exact) mass is 269 g/mol. The maximum Gasteiger partial charge on any atom is 0.225 e. The first-order valence-electron chi connectivity index (χ1n) is 8.20. The predicted molar refractivity (Wildman–Crippen MR) is 79.0 cm³/mol. The minimum atomic E-state index is -0.427. The average Bonchev–Trinajstić information content (AvgIpc) is 2.91. The highest BCUT2D eigenvalue weighted by Crippen LogP contribution is 2.14. The molecule has 0 spiro atoms. The van der Waals surface area contributed by atoms with Crippen molar-refractivity contribution in [3.05, 3.63) is 0 Å². The van der Waals surface area contributed by atoms with Crippen LogP contribution in [0.1, 0.15) is 77.6 Å². The Morgan fingerprint density at radius 1 is 1.05 bits per heavy atom. The number of rotatable bonds is 10. The van der Waals surface area contributed by atoms with Crippen molar-refractivity contribution in [2.45, 2.75) is 83.7 Å². The van der Waals surface area contributed by atoms with Crippen LogP contribution in [0.15, 0.2) is 0 Å². The van der Waals surface area contributed by atoms with E-state index in [0.717, 1.165) is 38.8 Å². The number of carbonyl (C=O) groups excluding carboxylic acids is 1. The number of hydrogen-bond donors (Lipinski definition) is 1. The Kier molecular flexibility index (Phi) is 8.89. The largest absolute Gasteiger partial charge is 0.393 e.